The second-order valence-electron chi connectivity index (χ2n) is 7.88. The highest BCUT2D eigenvalue weighted by atomic mass is 15.1. The van der Waals surface area contributed by atoms with Gasteiger partial charge in [0.15, 0.2) is 0 Å². The van der Waals surface area contributed by atoms with Crippen molar-refractivity contribution in [3.8, 4) is 11.1 Å². The van der Waals surface area contributed by atoms with E-state index in [0.29, 0.717) is 0 Å². The number of rotatable bonds is 6. The highest BCUT2D eigenvalue weighted by Crippen LogP contribution is 2.35. The lowest BCUT2D eigenvalue weighted by atomic mass is 9.98. The summed E-state index contributed by atoms with van der Waals surface area (Å²) in [6, 6.07) is 48.8. The molecule has 1 heteroatoms. The molecule has 0 bridgehead atoms. The summed E-state index contributed by atoms with van der Waals surface area (Å²) in [5.74, 6) is 0. The first-order valence-electron chi connectivity index (χ1n) is 11.2. The average Bonchev–Trinajstić information content (AvgIpc) is 2.90. The molecule has 0 radical (unpaired) electrons. The Morgan fingerprint density at radius 1 is 0.394 bits per heavy atom. The normalized spacial score (nSPS) is 10.9. The summed E-state index contributed by atoms with van der Waals surface area (Å²) in [6.07, 6.45) is 4.36. The monoisotopic (exact) mass is 423 g/mol. The van der Waals surface area contributed by atoms with Crippen LogP contribution in [0, 0.1) is 0 Å². The van der Waals surface area contributed by atoms with Crippen LogP contribution in [-0.2, 0) is 0 Å². The van der Waals surface area contributed by atoms with Gasteiger partial charge in [-0.25, -0.2) is 0 Å². The first-order valence-corrected chi connectivity index (χ1v) is 11.2. The fraction of sp³-hybridized carbons (Fsp3) is 0. The fourth-order valence-corrected chi connectivity index (χ4v) is 4.05. The molecule has 0 heterocycles. The van der Waals surface area contributed by atoms with Crippen molar-refractivity contribution >= 4 is 29.2 Å². The van der Waals surface area contributed by atoms with Crippen LogP contribution >= 0.6 is 0 Å². The summed E-state index contributed by atoms with van der Waals surface area (Å²) < 4.78 is 0. The largest absolute Gasteiger partial charge is 0.311 e. The lowest BCUT2D eigenvalue weighted by molar-refractivity contribution is 1.28. The molecule has 5 rings (SSSR count). The van der Waals surface area contributed by atoms with Crippen LogP contribution in [0.1, 0.15) is 11.1 Å². The molecule has 0 fully saturated rings. The van der Waals surface area contributed by atoms with Crippen molar-refractivity contribution in [2.45, 2.75) is 0 Å². The third-order valence-electron chi connectivity index (χ3n) is 5.68. The van der Waals surface area contributed by atoms with Crippen LogP contribution in [0.2, 0.25) is 0 Å². The van der Waals surface area contributed by atoms with E-state index in [4.69, 9.17) is 0 Å². The van der Waals surface area contributed by atoms with Crippen LogP contribution in [0.3, 0.4) is 0 Å². The molecule has 0 aliphatic carbocycles. The summed E-state index contributed by atoms with van der Waals surface area (Å²) in [7, 11) is 0. The highest BCUT2D eigenvalue weighted by Gasteiger charge is 2.12. The molecule has 0 aliphatic heterocycles. The lowest BCUT2D eigenvalue weighted by Gasteiger charge is -2.25. The molecule has 5 aromatic carbocycles. The number of nitrogens with zero attached hydrogens (tertiary/aromatic N) is 1. The van der Waals surface area contributed by atoms with Gasteiger partial charge in [-0.05, 0) is 58.7 Å². The number of hydrogen-bond acceptors (Lipinski definition) is 1. The zero-order valence-corrected chi connectivity index (χ0v) is 18.4. The topological polar surface area (TPSA) is 3.24 Å². The van der Waals surface area contributed by atoms with E-state index in [1.807, 2.05) is 6.07 Å². The molecule has 0 amide bonds. The van der Waals surface area contributed by atoms with Gasteiger partial charge in [0, 0.05) is 17.1 Å². The molecule has 0 aliphatic rings. The summed E-state index contributed by atoms with van der Waals surface area (Å²) in [5.41, 5.74) is 8.25. The molecule has 0 atom stereocenters. The predicted octanol–water partition coefficient (Wildman–Crippen LogP) is 8.99. The highest BCUT2D eigenvalue weighted by molar-refractivity contribution is 5.83. The van der Waals surface area contributed by atoms with E-state index in [1.54, 1.807) is 0 Å². The Bertz CT molecular complexity index is 1280. The van der Waals surface area contributed by atoms with Gasteiger partial charge in [-0.1, -0.05) is 115 Å². The maximum Gasteiger partial charge on any atom is 0.0462 e. The second kappa shape index (κ2) is 9.84. The zero-order chi connectivity index (χ0) is 22.3. The number of hydrogen-bond donors (Lipinski definition) is 0. The standard InChI is InChI=1S/C32H25N/c1-4-12-26(13-5-1)20-21-27-14-10-11-19-32(27)28-22-24-31(25-23-28)33(29-15-6-2-7-16-29)30-17-8-3-9-18-30/h1-25H. The van der Waals surface area contributed by atoms with Crippen molar-refractivity contribution in [3.05, 3.63) is 151 Å². The van der Waals surface area contributed by atoms with Crippen molar-refractivity contribution in [1.29, 1.82) is 0 Å². The van der Waals surface area contributed by atoms with Crippen LogP contribution in [0.4, 0.5) is 17.1 Å². The SMILES string of the molecule is C(=Cc1ccccc1-c1ccc(N(c2ccccc2)c2ccccc2)cc1)c1ccccc1. The number of benzene rings is 5. The molecule has 0 saturated heterocycles. The Morgan fingerprint density at radius 2 is 0.879 bits per heavy atom. The minimum atomic E-state index is 1.13. The van der Waals surface area contributed by atoms with Crippen LogP contribution in [0.15, 0.2) is 140 Å². The van der Waals surface area contributed by atoms with Gasteiger partial charge in [-0.15, -0.1) is 0 Å². The molecule has 1 nitrogen and oxygen atoms in total. The van der Waals surface area contributed by atoms with Gasteiger partial charge in [-0.3, -0.25) is 0 Å². The molecule has 0 aromatic heterocycles. The maximum absolute atomic E-state index is 2.28. The Kier molecular flexibility index (Phi) is 6.13. The minimum Gasteiger partial charge on any atom is -0.311 e. The molecule has 5 aromatic rings. The van der Waals surface area contributed by atoms with Gasteiger partial charge in [0.05, 0.1) is 0 Å². The van der Waals surface area contributed by atoms with Crippen molar-refractivity contribution in [2.24, 2.45) is 0 Å². The van der Waals surface area contributed by atoms with Gasteiger partial charge in [0.2, 0.25) is 0 Å². The Balaban J connectivity index is 1.49. The number of anilines is 3. The summed E-state index contributed by atoms with van der Waals surface area (Å²) >= 11 is 0. The van der Waals surface area contributed by atoms with Crippen LogP contribution < -0.4 is 4.90 Å². The quantitative estimate of drug-likeness (QED) is 0.246. The summed E-state index contributed by atoms with van der Waals surface area (Å²) in [6.45, 7) is 0. The molecular weight excluding hydrogens is 398 g/mol. The van der Waals surface area contributed by atoms with Crippen molar-refractivity contribution in [2.75, 3.05) is 4.90 Å². The van der Waals surface area contributed by atoms with Gasteiger partial charge in [0.25, 0.3) is 0 Å². The van der Waals surface area contributed by atoms with E-state index in [1.165, 1.54) is 22.3 Å². The second-order valence-corrected chi connectivity index (χ2v) is 7.88. The molecule has 0 unspecified atom stereocenters. The van der Waals surface area contributed by atoms with Gasteiger partial charge in [-0.2, -0.15) is 0 Å². The van der Waals surface area contributed by atoms with E-state index in [-0.39, 0.29) is 0 Å². The van der Waals surface area contributed by atoms with Crippen molar-refractivity contribution in [3.63, 3.8) is 0 Å². The Hall–Kier alpha value is -4.36. The third kappa shape index (κ3) is 4.78. The Labute approximate surface area is 195 Å². The predicted molar refractivity (Wildman–Crippen MR) is 142 cm³/mol. The molecule has 0 spiro atoms. The fourth-order valence-electron chi connectivity index (χ4n) is 4.05. The zero-order valence-electron chi connectivity index (χ0n) is 18.4. The molecule has 158 valence electrons. The Morgan fingerprint density at radius 3 is 1.48 bits per heavy atom. The van der Waals surface area contributed by atoms with E-state index < -0.39 is 0 Å². The van der Waals surface area contributed by atoms with Gasteiger partial charge < -0.3 is 4.90 Å². The van der Waals surface area contributed by atoms with E-state index in [0.717, 1.165) is 17.1 Å². The lowest BCUT2D eigenvalue weighted by Crippen LogP contribution is -2.09. The van der Waals surface area contributed by atoms with E-state index in [2.05, 4.69) is 151 Å². The third-order valence-corrected chi connectivity index (χ3v) is 5.68. The van der Waals surface area contributed by atoms with Crippen molar-refractivity contribution in [1.82, 2.24) is 0 Å². The summed E-state index contributed by atoms with van der Waals surface area (Å²) in [4.78, 5) is 2.28. The van der Waals surface area contributed by atoms with Crippen molar-refractivity contribution < 1.29 is 0 Å². The summed E-state index contributed by atoms with van der Waals surface area (Å²) in [5, 5.41) is 0. The minimum absolute atomic E-state index is 1.13. The molecule has 0 N–H and O–H groups in total. The van der Waals surface area contributed by atoms with E-state index >= 15 is 0 Å². The first-order chi connectivity index (χ1) is 16.4. The maximum atomic E-state index is 2.28. The van der Waals surface area contributed by atoms with Crippen LogP contribution in [0.25, 0.3) is 23.3 Å². The first kappa shape index (κ1) is 20.5. The average molecular weight is 424 g/mol. The van der Waals surface area contributed by atoms with Crippen LogP contribution in [-0.4, -0.2) is 0 Å². The molecule has 33 heavy (non-hydrogen) atoms. The van der Waals surface area contributed by atoms with Crippen LogP contribution in [0.5, 0.6) is 0 Å². The molecular formula is C32H25N. The van der Waals surface area contributed by atoms with E-state index in [9.17, 15) is 0 Å². The van der Waals surface area contributed by atoms with Gasteiger partial charge >= 0.3 is 0 Å². The smallest absolute Gasteiger partial charge is 0.0462 e. The van der Waals surface area contributed by atoms with Gasteiger partial charge in [0.1, 0.15) is 0 Å². The number of para-hydroxylation sites is 2. The molecule has 0 saturated carbocycles.